The molecule has 0 N–H and O–H groups in total. The molecule has 1 saturated carbocycles. The maximum Gasteiger partial charge on any atom is 0.191 e. The molecule has 0 radical (unpaired) electrons. The fourth-order valence-corrected chi connectivity index (χ4v) is 4.38. The van der Waals surface area contributed by atoms with Crippen molar-refractivity contribution in [1.82, 2.24) is 14.8 Å². The zero-order valence-corrected chi connectivity index (χ0v) is 15.9. The van der Waals surface area contributed by atoms with Crippen molar-refractivity contribution in [2.75, 3.05) is 12.4 Å². The van der Waals surface area contributed by atoms with Crippen molar-refractivity contribution in [2.45, 2.75) is 36.9 Å². The smallest absolute Gasteiger partial charge is 0.191 e. The molecular weight excluding hydrogens is 369 g/mol. The zero-order chi connectivity index (χ0) is 17.8. The van der Waals surface area contributed by atoms with Crippen molar-refractivity contribution >= 4 is 23.1 Å². The number of thiophene rings is 1. The zero-order valence-electron chi connectivity index (χ0n) is 14.3. The molecule has 0 atom stereocenters. The van der Waals surface area contributed by atoms with Crippen molar-refractivity contribution in [3.8, 4) is 5.75 Å². The fraction of sp³-hybridized carbons (Fsp3) is 0.368. The molecule has 4 nitrogen and oxygen atoms in total. The van der Waals surface area contributed by atoms with Gasteiger partial charge >= 0.3 is 0 Å². The van der Waals surface area contributed by atoms with Crippen LogP contribution >= 0.6 is 23.1 Å². The van der Waals surface area contributed by atoms with Crippen LogP contribution in [0.25, 0.3) is 0 Å². The minimum Gasteiger partial charge on any atom is -0.494 e. The molecular formula is C19H20FN3OS2. The standard InChI is InChI=1S/C19H20FN3OS2/c20-14-4-8-16(9-5-14)24-10-2-12-26-19-22-21-18(23(19)15-6-7-15)13-17-3-1-11-25-17/h1,3-5,8-9,11,15H,2,6-7,10,12-13H2. The summed E-state index contributed by atoms with van der Waals surface area (Å²) in [5.74, 6) is 2.45. The number of nitrogens with zero attached hydrogens (tertiary/aromatic N) is 3. The quantitative estimate of drug-likeness (QED) is 0.383. The maximum absolute atomic E-state index is 12.9. The van der Waals surface area contributed by atoms with Crippen LogP contribution in [-0.2, 0) is 6.42 Å². The number of rotatable bonds is 9. The molecule has 4 rings (SSSR count). The van der Waals surface area contributed by atoms with Crippen LogP contribution in [0.3, 0.4) is 0 Å². The molecule has 0 saturated heterocycles. The second-order valence-corrected chi connectivity index (χ2v) is 8.35. The average molecular weight is 390 g/mol. The maximum atomic E-state index is 12.9. The van der Waals surface area contributed by atoms with Gasteiger partial charge in [-0.25, -0.2) is 4.39 Å². The van der Waals surface area contributed by atoms with E-state index in [1.54, 1.807) is 35.2 Å². The Bertz CT molecular complexity index is 829. The lowest BCUT2D eigenvalue weighted by molar-refractivity contribution is 0.318. The molecule has 26 heavy (non-hydrogen) atoms. The molecule has 136 valence electrons. The largest absolute Gasteiger partial charge is 0.494 e. The predicted octanol–water partition coefficient (Wildman–Crippen LogP) is 4.97. The first-order valence-electron chi connectivity index (χ1n) is 8.77. The molecule has 3 aromatic rings. The third kappa shape index (κ3) is 4.45. The molecule has 2 heterocycles. The Labute approximate surface area is 160 Å². The lowest BCUT2D eigenvalue weighted by Crippen LogP contribution is -2.04. The third-order valence-corrected chi connectivity index (χ3v) is 6.07. The summed E-state index contributed by atoms with van der Waals surface area (Å²) in [6.45, 7) is 0.609. The second kappa shape index (κ2) is 8.22. The topological polar surface area (TPSA) is 39.9 Å². The van der Waals surface area contributed by atoms with Crippen molar-refractivity contribution in [1.29, 1.82) is 0 Å². The van der Waals surface area contributed by atoms with E-state index in [1.165, 1.54) is 29.9 Å². The SMILES string of the molecule is Fc1ccc(OCCCSc2nnc(Cc3cccs3)n2C2CC2)cc1. The Balaban J connectivity index is 1.29. The summed E-state index contributed by atoms with van der Waals surface area (Å²) < 4.78 is 20.8. The van der Waals surface area contributed by atoms with Crippen LogP contribution < -0.4 is 4.74 Å². The average Bonchev–Trinajstić information content (AvgIpc) is 3.20. The van der Waals surface area contributed by atoms with Crippen LogP contribution in [0, 0.1) is 5.82 Å². The molecule has 1 aliphatic carbocycles. The summed E-state index contributed by atoms with van der Waals surface area (Å²) in [5.41, 5.74) is 0. The van der Waals surface area contributed by atoms with Crippen LogP contribution in [-0.4, -0.2) is 27.1 Å². The van der Waals surface area contributed by atoms with Gasteiger partial charge in [0.15, 0.2) is 5.16 Å². The Morgan fingerprint density at radius 3 is 2.77 bits per heavy atom. The number of aromatic nitrogens is 3. The molecule has 0 aliphatic heterocycles. The highest BCUT2D eigenvalue weighted by Gasteiger charge is 2.29. The first-order valence-corrected chi connectivity index (χ1v) is 10.6. The monoisotopic (exact) mass is 389 g/mol. The molecule has 0 bridgehead atoms. The van der Waals surface area contributed by atoms with E-state index in [1.807, 2.05) is 0 Å². The Morgan fingerprint density at radius 1 is 1.19 bits per heavy atom. The van der Waals surface area contributed by atoms with Gasteiger partial charge in [-0.3, -0.25) is 0 Å². The van der Waals surface area contributed by atoms with E-state index in [2.05, 4.69) is 32.3 Å². The minimum atomic E-state index is -0.245. The number of halogens is 1. The molecule has 1 fully saturated rings. The van der Waals surface area contributed by atoms with E-state index in [0.717, 1.165) is 29.6 Å². The lowest BCUT2D eigenvalue weighted by Gasteiger charge is -2.09. The van der Waals surface area contributed by atoms with Gasteiger partial charge in [0, 0.05) is 23.1 Å². The summed E-state index contributed by atoms with van der Waals surface area (Å²) >= 11 is 3.50. The van der Waals surface area contributed by atoms with Crippen LogP contribution in [0.5, 0.6) is 5.75 Å². The molecule has 7 heteroatoms. The molecule has 0 unspecified atom stereocenters. The van der Waals surface area contributed by atoms with Gasteiger partial charge in [0.05, 0.1) is 6.61 Å². The van der Waals surface area contributed by atoms with E-state index in [-0.39, 0.29) is 5.82 Å². The van der Waals surface area contributed by atoms with E-state index in [9.17, 15) is 4.39 Å². The Kier molecular flexibility index (Phi) is 5.55. The van der Waals surface area contributed by atoms with Crippen LogP contribution in [0.1, 0.15) is 36.0 Å². The molecule has 1 aliphatic rings. The highest BCUT2D eigenvalue weighted by Crippen LogP contribution is 2.39. The highest BCUT2D eigenvalue weighted by atomic mass is 32.2. The summed E-state index contributed by atoms with van der Waals surface area (Å²) in [4.78, 5) is 1.32. The Hall–Kier alpha value is -1.86. The van der Waals surface area contributed by atoms with Gasteiger partial charge in [0.25, 0.3) is 0 Å². The van der Waals surface area contributed by atoms with E-state index >= 15 is 0 Å². The number of thioether (sulfide) groups is 1. The van der Waals surface area contributed by atoms with E-state index in [4.69, 9.17) is 4.74 Å². The number of hydrogen-bond acceptors (Lipinski definition) is 5. The van der Waals surface area contributed by atoms with Crippen molar-refractivity contribution < 1.29 is 9.13 Å². The normalized spacial score (nSPS) is 13.9. The van der Waals surface area contributed by atoms with E-state index < -0.39 is 0 Å². The highest BCUT2D eigenvalue weighted by molar-refractivity contribution is 7.99. The van der Waals surface area contributed by atoms with Crippen molar-refractivity contribution in [2.24, 2.45) is 0 Å². The number of ether oxygens (including phenoxy) is 1. The number of benzene rings is 1. The van der Waals surface area contributed by atoms with E-state index in [0.29, 0.717) is 18.4 Å². The molecule has 0 spiro atoms. The summed E-state index contributed by atoms with van der Waals surface area (Å²) in [5, 5.41) is 12.0. The molecule has 1 aromatic carbocycles. The number of hydrogen-bond donors (Lipinski definition) is 0. The van der Waals surface area contributed by atoms with Gasteiger partial charge in [-0.2, -0.15) is 0 Å². The minimum absolute atomic E-state index is 0.245. The van der Waals surface area contributed by atoms with Gasteiger partial charge in [-0.05, 0) is 55.0 Å². The second-order valence-electron chi connectivity index (χ2n) is 6.26. The van der Waals surface area contributed by atoms with Crippen molar-refractivity contribution in [3.05, 3.63) is 58.3 Å². The van der Waals surface area contributed by atoms with Gasteiger partial charge < -0.3 is 9.30 Å². The first kappa shape index (κ1) is 17.5. The van der Waals surface area contributed by atoms with Crippen molar-refractivity contribution in [3.63, 3.8) is 0 Å². The third-order valence-electron chi connectivity index (χ3n) is 4.16. The summed E-state index contributed by atoms with van der Waals surface area (Å²) in [6.07, 6.45) is 4.20. The predicted molar refractivity (Wildman–Crippen MR) is 103 cm³/mol. The first-order chi connectivity index (χ1) is 12.8. The summed E-state index contributed by atoms with van der Waals surface area (Å²) in [6, 6.07) is 10.9. The molecule has 0 amide bonds. The lowest BCUT2D eigenvalue weighted by atomic mass is 10.3. The fourth-order valence-electron chi connectivity index (χ4n) is 2.74. The van der Waals surface area contributed by atoms with Crippen LogP contribution in [0.2, 0.25) is 0 Å². The van der Waals surface area contributed by atoms with Gasteiger partial charge in [-0.15, -0.1) is 21.5 Å². The Morgan fingerprint density at radius 2 is 2.04 bits per heavy atom. The summed E-state index contributed by atoms with van der Waals surface area (Å²) in [7, 11) is 0. The van der Waals surface area contributed by atoms with Gasteiger partial charge in [-0.1, -0.05) is 17.8 Å². The van der Waals surface area contributed by atoms with Crippen LogP contribution in [0.15, 0.2) is 46.9 Å². The molecule has 2 aromatic heterocycles. The van der Waals surface area contributed by atoms with Gasteiger partial charge in [0.1, 0.15) is 17.4 Å². The van der Waals surface area contributed by atoms with Gasteiger partial charge in [0.2, 0.25) is 0 Å². The van der Waals surface area contributed by atoms with Crippen LogP contribution in [0.4, 0.5) is 4.39 Å².